The van der Waals surface area contributed by atoms with Crippen LogP contribution in [0.15, 0.2) is 145 Å². The van der Waals surface area contributed by atoms with Gasteiger partial charge in [0.1, 0.15) is 5.57 Å². The van der Waals surface area contributed by atoms with Crippen molar-refractivity contribution < 1.29 is 9.59 Å². The summed E-state index contributed by atoms with van der Waals surface area (Å²) in [5.74, 6) is -0.976. The Kier molecular flexibility index (Phi) is 8.36. The fourth-order valence-electron chi connectivity index (χ4n) is 5.99. The molecule has 1 saturated heterocycles. The van der Waals surface area contributed by atoms with Gasteiger partial charge in [-0.05, 0) is 109 Å². The van der Waals surface area contributed by atoms with Gasteiger partial charge in [0.25, 0.3) is 11.8 Å². The van der Waals surface area contributed by atoms with Gasteiger partial charge in [-0.2, -0.15) is 0 Å². The molecule has 0 atom stereocenters. The number of carbonyl (C=O) groups excluding carboxylic acids is 2. The summed E-state index contributed by atoms with van der Waals surface area (Å²) >= 11 is 12.2. The van der Waals surface area contributed by atoms with Crippen molar-refractivity contribution in [1.29, 1.82) is 0 Å². The minimum atomic E-state index is -0.490. The molecule has 1 fully saturated rings. The second-order valence-corrected chi connectivity index (χ2v) is 12.4. The van der Waals surface area contributed by atoms with E-state index in [4.69, 9.17) is 23.8 Å². The molecule has 6 aromatic rings. The van der Waals surface area contributed by atoms with Gasteiger partial charge in [-0.3, -0.25) is 19.4 Å². The van der Waals surface area contributed by atoms with Gasteiger partial charge in [0, 0.05) is 16.3 Å². The summed E-state index contributed by atoms with van der Waals surface area (Å²) in [6, 6.07) is 44.6. The molecule has 0 bridgehead atoms. The molecule has 0 spiro atoms. The maximum Gasteiger partial charge on any atom is 0.270 e. The maximum absolute atomic E-state index is 14.5. The van der Waals surface area contributed by atoms with Gasteiger partial charge in [0.15, 0.2) is 5.11 Å². The SMILES string of the molecule is Cc1ccc(N2C(=O)/C(=C/c3cc(-c4ccccc4)n(-c4ccc(Cl)cc4)c3-c3ccccc3)C(=O)N(c3ccccc3)C2=S)cc1C. The number of benzene rings is 5. The Morgan fingerprint density at radius 2 is 1.12 bits per heavy atom. The normalized spacial score (nSPS) is 14.2. The lowest BCUT2D eigenvalue weighted by Crippen LogP contribution is -2.57. The molecule has 2 heterocycles. The van der Waals surface area contributed by atoms with Crippen LogP contribution in [-0.4, -0.2) is 21.5 Å². The average Bonchev–Trinajstić information content (AvgIpc) is 3.49. The second-order valence-electron chi connectivity index (χ2n) is 11.6. The van der Waals surface area contributed by atoms with Gasteiger partial charge in [0.2, 0.25) is 0 Å². The molecule has 0 unspecified atom stereocenters. The molecule has 1 aliphatic rings. The number of nitrogens with zero attached hydrogens (tertiary/aromatic N) is 3. The molecular weight excluding hydrogens is 634 g/mol. The molecule has 0 saturated carbocycles. The zero-order chi connectivity index (χ0) is 33.4. The Labute approximate surface area is 289 Å². The third kappa shape index (κ3) is 5.66. The lowest BCUT2D eigenvalue weighted by atomic mass is 10.0. The van der Waals surface area contributed by atoms with E-state index in [0.717, 1.165) is 39.3 Å². The fourth-order valence-corrected chi connectivity index (χ4v) is 6.50. The first kappa shape index (κ1) is 31.1. The van der Waals surface area contributed by atoms with Crippen molar-refractivity contribution in [2.45, 2.75) is 13.8 Å². The molecule has 48 heavy (non-hydrogen) atoms. The summed E-state index contributed by atoms with van der Waals surface area (Å²) in [7, 11) is 0. The molecule has 0 radical (unpaired) electrons. The van der Waals surface area contributed by atoms with Crippen LogP contribution in [0.1, 0.15) is 16.7 Å². The molecule has 7 rings (SSSR count). The predicted molar refractivity (Wildman–Crippen MR) is 200 cm³/mol. The molecule has 1 aromatic heterocycles. The van der Waals surface area contributed by atoms with Crippen LogP contribution in [0.2, 0.25) is 5.02 Å². The Bertz CT molecular complexity index is 2210. The molecule has 2 amide bonds. The Morgan fingerprint density at radius 1 is 0.583 bits per heavy atom. The highest BCUT2D eigenvalue weighted by Gasteiger charge is 2.41. The van der Waals surface area contributed by atoms with E-state index in [1.165, 1.54) is 9.80 Å². The molecule has 0 N–H and O–H groups in total. The van der Waals surface area contributed by atoms with Gasteiger partial charge >= 0.3 is 0 Å². The van der Waals surface area contributed by atoms with E-state index >= 15 is 0 Å². The number of rotatable bonds is 6. The first-order valence-corrected chi connectivity index (χ1v) is 16.3. The molecule has 0 aliphatic carbocycles. The third-order valence-electron chi connectivity index (χ3n) is 8.54. The zero-order valence-electron chi connectivity index (χ0n) is 26.3. The summed E-state index contributed by atoms with van der Waals surface area (Å²) in [5, 5.41) is 0.723. The molecule has 7 heteroatoms. The molecule has 234 valence electrons. The zero-order valence-corrected chi connectivity index (χ0v) is 27.9. The predicted octanol–water partition coefficient (Wildman–Crippen LogP) is 9.83. The maximum atomic E-state index is 14.5. The number of hydrogen-bond acceptors (Lipinski definition) is 3. The van der Waals surface area contributed by atoms with Gasteiger partial charge in [-0.15, -0.1) is 0 Å². The summed E-state index contributed by atoms with van der Waals surface area (Å²) in [6.07, 6.45) is 1.71. The standard InChI is InChI=1S/C41H30ClN3O2S/c1-27-18-21-35(24-28(27)2)45-40(47)36(39(46)44(41(45)48)33-16-10-5-11-17-33)25-31-26-37(29-12-6-3-7-13-29)43(34-22-19-32(42)20-23-34)38(31)30-14-8-4-9-15-30/h3-26H,1-2H3/b36-25+. The highest BCUT2D eigenvalue weighted by Crippen LogP contribution is 2.39. The summed E-state index contributed by atoms with van der Waals surface area (Å²) in [5.41, 5.74) is 8.45. The van der Waals surface area contributed by atoms with Crippen LogP contribution < -0.4 is 9.80 Å². The summed E-state index contributed by atoms with van der Waals surface area (Å²) in [6.45, 7) is 4.01. The topological polar surface area (TPSA) is 45.6 Å². The first-order valence-electron chi connectivity index (χ1n) is 15.5. The number of hydrogen-bond donors (Lipinski definition) is 0. The van der Waals surface area contributed by atoms with Crippen LogP contribution in [-0.2, 0) is 9.59 Å². The van der Waals surface area contributed by atoms with Crippen LogP contribution in [0.5, 0.6) is 0 Å². The van der Waals surface area contributed by atoms with Gasteiger partial charge in [0.05, 0.1) is 22.8 Å². The van der Waals surface area contributed by atoms with Crippen LogP contribution >= 0.6 is 23.8 Å². The average molecular weight is 664 g/mol. The Hall–Kier alpha value is -5.56. The second kappa shape index (κ2) is 12.9. The number of aromatic nitrogens is 1. The number of halogens is 1. The molecule has 5 aromatic carbocycles. The molecule has 1 aliphatic heterocycles. The van der Waals surface area contributed by atoms with E-state index in [9.17, 15) is 9.59 Å². The number of aryl methyl sites for hydroxylation is 2. The van der Waals surface area contributed by atoms with Crippen molar-refractivity contribution in [3.05, 3.63) is 167 Å². The van der Waals surface area contributed by atoms with E-state index in [1.807, 2.05) is 153 Å². The van der Waals surface area contributed by atoms with Gasteiger partial charge < -0.3 is 4.57 Å². The fraction of sp³-hybridized carbons (Fsp3) is 0.0488. The quantitative estimate of drug-likeness (QED) is 0.101. The van der Waals surface area contributed by atoms with Gasteiger partial charge in [-0.1, -0.05) is 96.5 Å². The molecular formula is C41H30ClN3O2S. The summed E-state index contributed by atoms with van der Waals surface area (Å²) in [4.78, 5) is 31.9. The third-order valence-corrected chi connectivity index (χ3v) is 9.16. The highest BCUT2D eigenvalue weighted by molar-refractivity contribution is 7.81. The van der Waals surface area contributed by atoms with Crippen molar-refractivity contribution in [3.63, 3.8) is 0 Å². The lowest BCUT2D eigenvalue weighted by Gasteiger charge is -2.36. The lowest BCUT2D eigenvalue weighted by molar-refractivity contribution is -0.120. The minimum Gasteiger partial charge on any atom is -0.309 e. The number of amides is 2. The van der Waals surface area contributed by atoms with Crippen molar-refractivity contribution in [3.8, 4) is 28.2 Å². The van der Waals surface area contributed by atoms with Crippen molar-refractivity contribution in [2.24, 2.45) is 0 Å². The van der Waals surface area contributed by atoms with Crippen molar-refractivity contribution >= 4 is 58.2 Å². The van der Waals surface area contributed by atoms with E-state index in [1.54, 1.807) is 6.08 Å². The van der Waals surface area contributed by atoms with Crippen LogP contribution in [0.3, 0.4) is 0 Å². The largest absolute Gasteiger partial charge is 0.309 e. The monoisotopic (exact) mass is 663 g/mol. The Balaban J connectivity index is 1.50. The van der Waals surface area contributed by atoms with E-state index in [0.29, 0.717) is 22.0 Å². The van der Waals surface area contributed by atoms with E-state index in [2.05, 4.69) is 4.57 Å². The van der Waals surface area contributed by atoms with E-state index < -0.39 is 11.8 Å². The number of para-hydroxylation sites is 1. The summed E-state index contributed by atoms with van der Waals surface area (Å²) < 4.78 is 2.14. The number of carbonyl (C=O) groups is 2. The highest BCUT2D eigenvalue weighted by atomic mass is 35.5. The Morgan fingerprint density at radius 3 is 1.73 bits per heavy atom. The van der Waals surface area contributed by atoms with Crippen molar-refractivity contribution in [2.75, 3.05) is 9.80 Å². The van der Waals surface area contributed by atoms with Crippen LogP contribution in [0, 0.1) is 13.8 Å². The smallest absolute Gasteiger partial charge is 0.270 e. The van der Waals surface area contributed by atoms with Crippen molar-refractivity contribution in [1.82, 2.24) is 4.57 Å². The van der Waals surface area contributed by atoms with Crippen LogP contribution in [0.4, 0.5) is 11.4 Å². The molecule has 5 nitrogen and oxygen atoms in total. The van der Waals surface area contributed by atoms with Gasteiger partial charge in [-0.25, -0.2) is 0 Å². The number of anilines is 2. The number of thiocarbonyl (C=S) groups is 1. The first-order chi connectivity index (χ1) is 23.3. The minimum absolute atomic E-state index is 0.00395. The van der Waals surface area contributed by atoms with E-state index in [-0.39, 0.29) is 10.7 Å². The van der Waals surface area contributed by atoms with Crippen LogP contribution in [0.25, 0.3) is 34.3 Å².